The van der Waals surface area contributed by atoms with Gasteiger partial charge in [0.25, 0.3) is 5.91 Å². The van der Waals surface area contributed by atoms with Gasteiger partial charge in [-0.1, -0.05) is 0 Å². The Labute approximate surface area is 122 Å². The first-order chi connectivity index (χ1) is 10.1. The van der Waals surface area contributed by atoms with Gasteiger partial charge in [0.05, 0.1) is 0 Å². The molecule has 1 aromatic rings. The number of anilines is 1. The van der Waals surface area contributed by atoms with Crippen molar-refractivity contribution in [2.75, 3.05) is 25.3 Å². The maximum absolute atomic E-state index is 11.9. The molecule has 114 valence electrons. The number of hydrogen-bond acceptors (Lipinski definition) is 6. The monoisotopic (exact) mass is 295 g/mol. The van der Waals surface area contributed by atoms with E-state index in [9.17, 15) is 9.59 Å². The minimum absolute atomic E-state index is 0.165. The van der Waals surface area contributed by atoms with Crippen LogP contribution in [0.15, 0.2) is 18.2 Å². The van der Waals surface area contributed by atoms with E-state index in [1.165, 1.54) is 6.92 Å². The van der Waals surface area contributed by atoms with Crippen LogP contribution in [0.25, 0.3) is 0 Å². The van der Waals surface area contributed by atoms with Gasteiger partial charge >= 0.3 is 5.97 Å². The third-order valence-corrected chi connectivity index (χ3v) is 2.74. The third kappa shape index (κ3) is 4.09. The molecule has 0 radical (unpaired) electrons. The van der Waals surface area contributed by atoms with Crippen LogP contribution in [0.3, 0.4) is 0 Å². The van der Waals surface area contributed by atoms with Gasteiger partial charge in [-0.05, 0) is 26.0 Å². The second kappa shape index (κ2) is 6.94. The average molecular weight is 295 g/mol. The van der Waals surface area contributed by atoms with Crippen LogP contribution in [0, 0.1) is 0 Å². The molecular weight excluding hydrogens is 278 g/mol. The summed E-state index contributed by atoms with van der Waals surface area (Å²) in [6.07, 6.45) is -0.914. The van der Waals surface area contributed by atoms with E-state index in [0.29, 0.717) is 23.8 Å². The predicted octanol–water partition coefficient (Wildman–Crippen LogP) is 1.32. The summed E-state index contributed by atoms with van der Waals surface area (Å²) in [5.74, 6) is 0.182. The summed E-state index contributed by atoms with van der Waals surface area (Å²) in [4.78, 5) is 23.3. The summed E-state index contributed by atoms with van der Waals surface area (Å²) in [6, 6.07) is 5.03. The Hall–Kier alpha value is -2.28. The molecule has 0 aliphatic carbocycles. The highest BCUT2D eigenvalue weighted by atomic mass is 16.7. The number of hydrogen-bond donors (Lipinski definition) is 1. The fourth-order valence-electron chi connectivity index (χ4n) is 1.69. The number of carbonyl (C=O) groups excluding carboxylic acids is 2. The zero-order valence-corrected chi connectivity index (χ0v) is 11.9. The molecule has 1 amide bonds. The van der Waals surface area contributed by atoms with Crippen LogP contribution in [0.2, 0.25) is 0 Å². The molecule has 2 rings (SSSR count). The predicted molar refractivity (Wildman–Crippen MR) is 73.2 cm³/mol. The van der Waals surface area contributed by atoms with E-state index >= 15 is 0 Å². The van der Waals surface area contributed by atoms with Crippen molar-refractivity contribution < 1.29 is 28.5 Å². The Balaban J connectivity index is 1.87. The number of carbonyl (C=O) groups is 2. The number of benzene rings is 1. The highest BCUT2D eigenvalue weighted by molar-refractivity contribution is 5.95. The zero-order valence-electron chi connectivity index (χ0n) is 11.9. The van der Waals surface area contributed by atoms with E-state index in [0.717, 1.165) is 0 Å². The van der Waals surface area contributed by atoms with Gasteiger partial charge in [-0.3, -0.25) is 4.79 Å². The Bertz CT molecular complexity index is 530. The van der Waals surface area contributed by atoms with Crippen molar-refractivity contribution in [2.45, 2.75) is 20.0 Å². The number of fused-ring (bicyclic) bond motifs is 1. The second-order valence-electron chi connectivity index (χ2n) is 4.33. The first kappa shape index (κ1) is 15.1. The Morgan fingerprint density at radius 2 is 2.10 bits per heavy atom. The fourth-order valence-corrected chi connectivity index (χ4v) is 1.69. The lowest BCUT2D eigenvalue weighted by Crippen LogP contribution is -2.31. The molecule has 0 spiro atoms. The van der Waals surface area contributed by atoms with Gasteiger partial charge in [-0.25, -0.2) is 4.79 Å². The van der Waals surface area contributed by atoms with Crippen LogP contribution in [0.1, 0.15) is 13.8 Å². The van der Waals surface area contributed by atoms with E-state index < -0.39 is 18.0 Å². The maximum Gasteiger partial charge on any atom is 0.332 e. The topological polar surface area (TPSA) is 83.1 Å². The largest absolute Gasteiger partial charge is 0.454 e. The van der Waals surface area contributed by atoms with Crippen LogP contribution >= 0.6 is 0 Å². The summed E-state index contributed by atoms with van der Waals surface area (Å²) in [7, 11) is 0. The first-order valence-electron chi connectivity index (χ1n) is 6.58. The van der Waals surface area contributed by atoms with Crippen molar-refractivity contribution in [3.05, 3.63) is 18.2 Å². The van der Waals surface area contributed by atoms with E-state index in [4.69, 9.17) is 18.9 Å². The van der Waals surface area contributed by atoms with Crippen molar-refractivity contribution in [3.8, 4) is 11.5 Å². The van der Waals surface area contributed by atoms with Gasteiger partial charge in [0.1, 0.15) is 6.61 Å². The zero-order chi connectivity index (χ0) is 15.2. The third-order valence-electron chi connectivity index (χ3n) is 2.74. The molecule has 1 atom stereocenters. The van der Waals surface area contributed by atoms with Gasteiger partial charge in [-0.2, -0.15) is 0 Å². The standard InChI is InChI=1S/C14H17NO6/c1-3-18-7-13(16)21-9(2)14(17)15-10-4-5-11-12(6-10)20-8-19-11/h4-6,9H,3,7-8H2,1-2H3,(H,15,17)/t9-/m1/s1. The molecule has 0 aromatic heterocycles. The fraction of sp³-hybridized carbons (Fsp3) is 0.429. The van der Waals surface area contributed by atoms with Crippen molar-refractivity contribution >= 4 is 17.6 Å². The van der Waals surface area contributed by atoms with Crippen LogP contribution < -0.4 is 14.8 Å². The van der Waals surface area contributed by atoms with E-state index in [1.54, 1.807) is 25.1 Å². The van der Waals surface area contributed by atoms with E-state index in [1.807, 2.05) is 0 Å². The number of nitrogens with one attached hydrogen (secondary N) is 1. The summed E-state index contributed by atoms with van der Waals surface area (Å²) in [5.41, 5.74) is 0.539. The molecule has 0 saturated heterocycles. The van der Waals surface area contributed by atoms with Crippen molar-refractivity contribution in [2.24, 2.45) is 0 Å². The normalized spacial score (nSPS) is 13.6. The average Bonchev–Trinajstić information content (AvgIpc) is 2.92. The molecule has 1 aliphatic rings. The molecule has 21 heavy (non-hydrogen) atoms. The van der Waals surface area contributed by atoms with Gasteiger partial charge in [0.2, 0.25) is 6.79 Å². The Morgan fingerprint density at radius 1 is 1.33 bits per heavy atom. The van der Waals surface area contributed by atoms with Gasteiger partial charge in [-0.15, -0.1) is 0 Å². The first-order valence-corrected chi connectivity index (χ1v) is 6.58. The molecule has 1 heterocycles. The number of amides is 1. The van der Waals surface area contributed by atoms with Crippen LogP contribution in [0.4, 0.5) is 5.69 Å². The number of esters is 1. The minimum Gasteiger partial charge on any atom is -0.454 e. The molecule has 1 aliphatic heterocycles. The van der Waals surface area contributed by atoms with Crippen molar-refractivity contribution in [3.63, 3.8) is 0 Å². The van der Waals surface area contributed by atoms with Gasteiger partial charge in [0, 0.05) is 18.4 Å². The second-order valence-corrected chi connectivity index (χ2v) is 4.33. The molecule has 0 saturated carbocycles. The lowest BCUT2D eigenvalue weighted by Gasteiger charge is -2.13. The molecular formula is C14H17NO6. The molecule has 1 N–H and O–H groups in total. The highest BCUT2D eigenvalue weighted by Crippen LogP contribution is 2.34. The van der Waals surface area contributed by atoms with Crippen molar-refractivity contribution in [1.29, 1.82) is 0 Å². The van der Waals surface area contributed by atoms with Crippen LogP contribution in [-0.2, 0) is 19.1 Å². The number of rotatable bonds is 6. The SMILES string of the molecule is CCOCC(=O)O[C@H](C)C(=O)Nc1ccc2c(c1)OCO2. The molecule has 0 unspecified atom stereocenters. The Morgan fingerprint density at radius 3 is 2.86 bits per heavy atom. The lowest BCUT2D eigenvalue weighted by molar-refractivity contribution is -0.157. The van der Waals surface area contributed by atoms with Gasteiger partial charge < -0.3 is 24.3 Å². The number of ether oxygens (including phenoxy) is 4. The lowest BCUT2D eigenvalue weighted by atomic mass is 10.2. The minimum atomic E-state index is -0.914. The van der Waals surface area contributed by atoms with Crippen LogP contribution in [-0.4, -0.2) is 38.0 Å². The summed E-state index contributed by atoms with van der Waals surface area (Å²) < 4.78 is 20.2. The summed E-state index contributed by atoms with van der Waals surface area (Å²) >= 11 is 0. The Kier molecular flexibility index (Phi) is 4.99. The molecule has 7 heteroatoms. The quantitative estimate of drug-likeness (QED) is 0.797. The smallest absolute Gasteiger partial charge is 0.332 e. The van der Waals surface area contributed by atoms with E-state index in [-0.39, 0.29) is 13.4 Å². The van der Waals surface area contributed by atoms with E-state index in [2.05, 4.69) is 5.32 Å². The maximum atomic E-state index is 11.9. The molecule has 1 aromatic carbocycles. The molecule has 0 bridgehead atoms. The highest BCUT2D eigenvalue weighted by Gasteiger charge is 2.19. The van der Waals surface area contributed by atoms with Gasteiger partial charge in [0.15, 0.2) is 17.6 Å². The van der Waals surface area contributed by atoms with Crippen molar-refractivity contribution in [1.82, 2.24) is 0 Å². The molecule has 7 nitrogen and oxygen atoms in total. The molecule has 0 fully saturated rings. The van der Waals surface area contributed by atoms with Crippen LogP contribution in [0.5, 0.6) is 11.5 Å². The summed E-state index contributed by atoms with van der Waals surface area (Å²) in [5, 5.41) is 2.64. The summed E-state index contributed by atoms with van der Waals surface area (Å²) in [6.45, 7) is 3.67.